The van der Waals surface area contributed by atoms with Crippen LogP contribution in [-0.2, 0) is 0 Å². The molecule has 0 radical (unpaired) electrons. The molecule has 2 heterocycles. The standard InChI is InChI=1S/C18H15N3O/c1-12-7-9-14(10-8-12)22-18-15-5-3-4-6-16(15)21-17(19-18)11-13(2)20-21/h3-11H,1-2H3. The summed E-state index contributed by atoms with van der Waals surface area (Å²) in [6.45, 7) is 4.02. The summed E-state index contributed by atoms with van der Waals surface area (Å²) in [7, 11) is 0. The predicted octanol–water partition coefficient (Wildman–Crippen LogP) is 4.29. The van der Waals surface area contributed by atoms with Crippen LogP contribution in [0.5, 0.6) is 11.6 Å². The average molecular weight is 289 g/mol. The van der Waals surface area contributed by atoms with E-state index >= 15 is 0 Å². The van der Waals surface area contributed by atoms with Gasteiger partial charge in [-0.1, -0.05) is 29.8 Å². The Morgan fingerprint density at radius 1 is 0.955 bits per heavy atom. The molecule has 2 aromatic carbocycles. The highest BCUT2D eigenvalue weighted by atomic mass is 16.5. The minimum absolute atomic E-state index is 0.604. The molecule has 0 unspecified atom stereocenters. The number of rotatable bonds is 2. The fourth-order valence-electron chi connectivity index (χ4n) is 2.54. The predicted molar refractivity (Wildman–Crippen MR) is 86.5 cm³/mol. The molecule has 108 valence electrons. The first kappa shape index (κ1) is 12.8. The monoisotopic (exact) mass is 289 g/mol. The SMILES string of the molecule is Cc1ccc(Oc2nc3cc(C)nn3c3ccccc23)cc1. The number of para-hydroxylation sites is 1. The smallest absolute Gasteiger partial charge is 0.230 e. The highest BCUT2D eigenvalue weighted by molar-refractivity contribution is 5.86. The van der Waals surface area contributed by atoms with Gasteiger partial charge in [0.15, 0.2) is 5.65 Å². The first-order valence-electron chi connectivity index (χ1n) is 7.20. The molecule has 0 saturated carbocycles. The van der Waals surface area contributed by atoms with Crippen LogP contribution in [-0.4, -0.2) is 14.6 Å². The van der Waals surface area contributed by atoms with Crippen LogP contribution in [0.25, 0.3) is 16.6 Å². The summed E-state index contributed by atoms with van der Waals surface area (Å²) in [5.41, 5.74) is 3.91. The number of aryl methyl sites for hydroxylation is 2. The Kier molecular flexibility index (Phi) is 2.82. The number of benzene rings is 2. The van der Waals surface area contributed by atoms with Crippen molar-refractivity contribution in [2.75, 3.05) is 0 Å². The van der Waals surface area contributed by atoms with Gasteiger partial charge in [-0.3, -0.25) is 0 Å². The van der Waals surface area contributed by atoms with Crippen molar-refractivity contribution in [3.63, 3.8) is 0 Å². The van der Waals surface area contributed by atoms with Gasteiger partial charge < -0.3 is 4.74 Å². The molecule has 0 amide bonds. The molecule has 22 heavy (non-hydrogen) atoms. The highest BCUT2D eigenvalue weighted by Gasteiger charge is 2.11. The molecule has 0 atom stereocenters. The van der Waals surface area contributed by atoms with Gasteiger partial charge in [-0.15, -0.1) is 0 Å². The molecular weight excluding hydrogens is 274 g/mol. The van der Waals surface area contributed by atoms with E-state index in [1.54, 1.807) is 0 Å². The number of nitrogens with zero attached hydrogens (tertiary/aromatic N) is 3. The van der Waals surface area contributed by atoms with Crippen molar-refractivity contribution < 1.29 is 4.74 Å². The second-order valence-electron chi connectivity index (χ2n) is 5.40. The summed E-state index contributed by atoms with van der Waals surface area (Å²) in [5.74, 6) is 1.38. The van der Waals surface area contributed by atoms with Gasteiger partial charge in [0.05, 0.1) is 16.6 Å². The Balaban J connectivity index is 1.92. The van der Waals surface area contributed by atoms with Gasteiger partial charge in [0.1, 0.15) is 5.75 Å². The Hall–Kier alpha value is -2.88. The van der Waals surface area contributed by atoms with Crippen molar-refractivity contribution in [1.29, 1.82) is 0 Å². The molecular formula is C18H15N3O. The minimum Gasteiger partial charge on any atom is -0.438 e. The fourth-order valence-corrected chi connectivity index (χ4v) is 2.54. The van der Waals surface area contributed by atoms with Crippen LogP contribution in [0.2, 0.25) is 0 Å². The topological polar surface area (TPSA) is 39.4 Å². The van der Waals surface area contributed by atoms with Crippen molar-refractivity contribution in [1.82, 2.24) is 14.6 Å². The van der Waals surface area contributed by atoms with E-state index in [0.29, 0.717) is 5.88 Å². The molecule has 0 N–H and O–H groups in total. The highest BCUT2D eigenvalue weighted by Crippen LogP contribution is 2.29. The molecule has 0 spiro atoms. The summed E-state index contributed by atoms with van der Waals surface area (Å²) < 4.78 is 7.87. The third kappa shape index (κ3) is 2.09. The molecule has 0 bridgehead atoms. The maximum absolute atomic E-state index is 6.01. The van der Waals surface area contributed by atoms with E-state index in [9.17, 15) is 0 Å². The van der Waals surface area contributed by atoms with Crippen LogP contribution in [0.3, 0.4) is 0 Å². The molecule has 4 aromatic rings. The van der Waals surface area contributed by atoms with E-state index in [0.717, 1.165) is 28.0 Å². The number of hydrogen-bond donors (Lipinski definition) is 0. The van der Waals surface area contributed by atoms with E-state index in [2.05, 4.69) is 17.0 Å². The summed E-state index contributed by atoms with van der Waals surface area (Å²) in [4.78, 5) is 4.62. The zero-order valence-corrected chi connectivity index (χ0v) is 12.4. The molecule has 4 nitrogen and oxygen atoms in total. The van der Waals surface area contributed by atoms with E-state index in [1.807, 2.05) is 66.0 Å². The molecule has 0 aliphatic heterocycles. The van der Waals surface area contributed by atoms with Crippen LogP contribution in [0.1, 0.15) is 11.3 Å². The summed E-state index contributed by atoms with van der Waals surface area (Å²) in [6, 6.07) is 17.9. The third-order valence-corrected chi connectivity index (χ3v) is 3.63. The fraction of sp³-hybridized carbons (Fsp3) is 0.111. The van der Waals surface area contributed by atoms with Gasteiger partial charge in [0, 0.05) is 6.07 Å². The van der Waals surface area contributed by atoms with E-state index in [1.165, 1.54) is 5.56 Å². The first-order valence-corrected chi connectivity index (χ1v) is 7.20. The van der Waals surface area contributed by atoms with Crippen LogP contribution < -0.4 is 4.74 Å². The van der Waals surface area contributed by atoms with Gasteiger partial charge >= 0.3 is 0 Å². The summed E-state index contributed by atoms with van der Waals surface area (Å²) in [5, 5.41) is 5.44. The minimum atomic E-state index is 0.604. The number of fused-ring (bicyclic) bond motifs is 3. The molecule has 4 rings (SSSR count). The lowest BCUT2D eigenvalue weighted by atomic mass is 10.2. The Labute approximate surface area is 128 Å². The van der Waals surface area contributed by atoms with Crippen molar-refractivity contribution >= 4 is 16.6 Å². The second kappa shape index (κ2) is 4.84. The Morgan fingerprint density at radius 3 is 2.55 bits per heavy atom. The molecule has 0 saturated heterocycles. The molecule has 0 aliphatic carbocycles. The summed E-state index contributed by atoms with van der Waals surface area (Å²) >= 11 is 0. The molecule has 2 aromatic heterocycles. The number of ether oxygens (including phenoxy) is 1. The van der Waals surface area contributed by atoms with Crippen LogP contribution >= 0.6 is 0 Å². The number of hydrogen-bond acceptors (Lipinski definition) is 3. The quantitative estimate of drug-likeness (QED) is 0.552. The zero-order valence-electron chi connectivity index (χ0n) is 12.4. The molecule has 0 fully saturated rings. The lowest BCUT2D eigenvalue weighted by molar-refractivity contribution is 0.469. The van der Waals surface area contributed by atoms with Crippen LogP contribution in [0.15, 0.2) is 54.6 Å². The third-order valence-electron chi connectivity index (χ3n) is 3.63. The van der Waals surface area contributed by atoms with E-state index in [-0.39, 0.29) is 0 Å². The normalized spacial score (nSPS) is 11.2. The van der Waals surface area contributed by atoms with Crippen molar-refractivity contribution in [3.8, 4) is 11.6 Å². The Bertz CT molecular complexity index is 971. The van der Waals surface area contributed by atoms with Gasteiger partial charge in [-0.05, 0) is 38.1 Å². The van der Waals surface area contributed by atoms with Gasteiger partial charge in [0.2, 0.25) is 5.88 Å². The first-order chi connectivity index (χ1) is 10.7. The van der Waals surface area contributed by atoms with E-state index in [4.69, 9.17) is 4.74 Å². The largest absolute Gasteiger partial charge is 0.438 e. The maximum atomic E-state index is 6.01. The van der Waals surface area contributed by atoms with E-state index < -0.39 is 0 Å². The Morgan fingerprint density at radius 2 is 1.73 bits per heavy atom. The van der Waals surface area contributed by atoms with Gasteiger partial charge in [-0.25, -0.2) is 4.52 Å². The van der Waals surface area contributed by atoms with Crippen molar-refractivity contribution in [2.24, 2.45) is 0 Å². The second-order valence-corrected chi connectivity index (χ2v) is 5.40. The zero-order chi connectivity index (χ0) is 15.1. The summed E-state index contributed by atoms with van der Waals surface area (Å²) in [6.07, 6.45) is 0. The maximum Gasteiger partial charge on any atom is 0.230 e. The molecule has 0 aliphatic rings. The van der Waals surface area contributed by atoms with Crippen molar-refractivity contribution in [2.45, 2.75) is 13.8 Å². The van der Waals surface area contributed by atoms with Gasteiger partial charge in [0.25, 0.3) is 0 Å². The number of aromatic nitrogens is 3. The van der Waals surface area contributed by atoms with Crippen LogP contribution in [0, 0.1) is 13.8 Å². The van der Waals surface area contributed by atoms with Crippen molar-refractivity contribution in [3.05, 3.63) is 65.9 Å². The lowest BCUT2D eigenvalue weighted by Gasteiger charge is -2.09. The van der Waals surface area contributed by atoms with Crippen LogP contribution in [0.4, 0.5) is 0 Å². The average Bonchev–Trinajstić information content (AvgIpc) is 2.90. The lowest BCUT2D eigenvalue weighted by Crippen LogP contribution is -1.97. The molecule has 4 heteroatoms. The van der Waals surface area contributed by atoms with Gasteiger partial charge in [-0.2, -0.15) is 10.1 Å².